The van der Waals surface area contributed by atoms with Gasteiger partial charge in [-0.2, -0.15) is 0 Å². The van der Waals surface area contributed by atoms with Crippen molar-refractivity contribution in [2.75, 3.05) is 13.7 Å². The van der Waals surface area contributed by atoms with E-state index in [0.29, 0.717) is 17.9 Å². The van der Waals surface area contributed by atoms with Gasteiger partial charge in [-0.3, -0.25) is 14.5 Å². The van der Waals surface area contributed by atoms with Crippen molar-refractivity contribution >= 4 is 11.8 Å². The zero-order chi connectivity index (χ0) is 16.2. The minimum absolute atomic E-state index is 0.0283. The number of carboxylic acid groups (broad SMARTS) is 1. The lowest BCUT2D eigenvalue weighted by molar-refractivity contribution is -0.139. The Hall–Kier alpha value is -1.88. The van der Waals surface area contributed by atoms with Crippen LogP contribution in [0.2, 0.25) is 0 Å². The second-order valence-corrected chi connectivity index (χ2v) is 6.00. The molecule has 0 aliphatic rings. The van der Waals surface area contributed by atoms with E-state index in [9.17, 15) is 9.59 Å². The van der Waals surface area contributed by atoms with Gasteiger partial charge in [-0.15, -0.1) is 0 Å². The summed E-state index contributed by atoms with van der Waals surface area (Å²) in [5, 5.41) is 9.07. The van der Waals surface area contributed by atoms with Gasteiger partial charge in [0.2, 0.25) is 0 Å². The third kappa shape index (κ3) is 4.86. The van der Waals surface area contributed by atoms with Crippen molar-refractivity contribution in [3.05, 3.63) is 29.3 Å². The fraction of sp³-hybridized carbons (Fsp3) is 0.500. The van der Waals surface area contributed by atoms with Crippen molar-refractivity contribution in [2.45, 2.75) is 39.8 Å². The van der Waals surface area contributed by atoms with Gasteiger partial charge in [0, 0.05) is 23.2 Å². The van der Waals surface area contributed by atoms with Crippen LogP contribution in [0.4, 0.5) is 0 Å². The maximum atomic E-state index is 11.5. The van der Waals surface area contributed by atoms with Crippen molar-refractivity contribution in [2.24, 2.45) is 0 Å². The fourth-order valence-electron chi connectivity index (χ4n) is 2.02. The summed E-state index contributed by atoms with van der Waals surface area (Å²) in [6.45, 7) is 7.70. The highest BCUT2D eigenvalue weighted by atomic mass is 16.5. The summed E-state index contributed by atoms with van der Waals surface area (Å²) in [5.74, 6) is -0.259. The molecule has 0 heterocycles. The van der Waals surface area contributed by atoms with Crippen LogP contribution in [-0.2, 0) is 11.3 Å². The molecule has 0 fully saturated rings. The van der Waals surface area contributed by atoms with Gasteiger partial charge in [0.05, 0.1) is 13.7 Å². The molecule has 5 nitrogen and oxygen atoms in total. The standard InChI is InChI=1S/C16H23NO4/c1-11(18)12-6-7-14(21-5)13(8-12)9-17(10-15(19)20)16(2,3)4/h6-8H,9-10H2,1-5H3,(H,19,20). The summed E-state index contributed by atoms with van der Waals surface area (Å²) < 4.78 is 5.31. The number of Topliss-reactive ketones (excluding diaryl/α,β-unsaturated/α-hetero) is 1. The van der Waals surface area contributed by atoms with E-state index in [-0.39, 0.29) is 17.9 Å². The minimum atomic E-state index is -0.883. The van der Waals surface area contributed by atoms with Crippen LogP contribution in [0.3, 0.4) is 0 Å². The lowest BCUT2D eigenvalue weighted by Crippen LogP contribution is -2.43. The molecule has 1 N–H and O–H groups in total. The number of hydrogen-bond donors (Lipinski definition) is 1. The predicted molar refractivity (Wildman–Crippen MR) is 80.8 cm³/mol. The van der Waals surface area contributed by atoms with Crippen molar-refractivity contribution < 1.29 is 19.4 Å². The largest absolute Gasteiger partial charge is 0.496 e. The number of benzene rings is 1. The van der Waals surface area contributed by atoms with Crippen molar-refractivity contribution in [3.63, 3.8) is 0 Å². The quantitative estimate of drug-likeness (QED) is 0.817. The van der Waals surface area contributed by atoms with Crippen molar-refractivity contribution in [3.8, 4) is 5.75 Å². The number of rotatable bonds is 6. The molecule has 116 valence electrons. The van der Waals surface area contributed by atoms with Crippen LogP contribution in [0.5, 0.6) is 5.75 Å². The first kappa shape index (κ1) is 17.2. The number of hydrogen-bond acceptors (Lipinski definition) is 4. The molecule has 0 amide bonds. The average molecular weight is 293 g/mol. The Labute approximate surface area is 125 Å². The Bertz CT molecular complexity index is 532. The van der Waals surface area contributed by atoms with E-state index < -0.39 is 5.97 Å². The first-order valence-corrected chi connectivity index (χ1v) is 6.80. The highest BCUT2D eigenvalue weighted by Gasteiger charge is 2.25. The number of carbonyl (C=O) groups excluding carboxylic acids is 1. The molecule has 0 unspecified atom stereocenters. The molecule has 0 aliphatic heterocycles. The number of carboxylic acids is 1. The number of nitrogens with zero attached hydrogens (tertiary/aromatic N) is 1. The third-order valence-electron chi connectivity index (χ3n) is 3.32. The van der Waals surface area contributed by atoms with Gasteiger partial charge in [0.15, 0.2) is 5.78 Å². The Balaban J connectivity index is 3.14. The molecule has 1 aromatic rings. The number of aliphatic carboxylic acids is 1. The van der Waals surface area contributed by atoms with Crippen LogP contribution in [-0.4, -0.2) is 41.0 Å². The molecule has 0 bridgehead atoms. The van der Waals surface area contributed by atoms with Crippen LogP contribution < -0.4 is 4.74 Å². The average Bonchev–Trinajstić information content (AvgIpc) is 2.36. The maximum absolute atomic E-state index is 11.5. The summed E-state index contributed by atoms with van der Waals surface area (Å²) in [4.78, 5) is 24.4. The predicted octanol–water partition coefficient (Wildman–Crippen LogP) is 2.58. The van der Waals surface area contributed by atoms with Gasteiger partial charge in [-0.05, 0) is 45.9 Å². The molecule has 0 saturated heterocycles. The van der Waals surface area contributed by atoms with Gasteiger partial charge in [0.25, 0.3) is 0 Å². The highest BCUT2D eigenvalue weighted by Crippen LogP contribution is 2.25. The molecule has 0 atom stereocenters. The van der Waals surface area contributed by atoms with Gasteiger partial charge in [-0.1, -0.05) is 0 Å². The van der Waals surface area contributed by atoms with Gasteiger partial charge in [0.1, 0.15) is 5.75 Å². The van der Waals surface area contributed by atoms with Gasteiger partial charge >= 0.3 is 5.97 Å². The van der Waals surface area contributed by atoms with Gasteiger partial charge in [-0.25, -0.2) is 0 Å². The normalized spacial score (nSPS) is 11.5. The maximum Gasteiger partial charge on any atom is 0.317 e. The Morgan fingerprint density at radius 3 is 2.33 bits per heavy atom. The van der Waals surface area contributed by atoms with E-state index in [4.69, 9.17) is 9.84 Å². The number of carbonyl (C=O) groups is 2. The van der Waals surface area contributed by atoms with Crippen molar-refractivity contribution in [1.82, 2.24) is 4.90 Å². The second-order valence-electron chi connectivity index (χ2n) is 6.00. The Kier molecular flexibility index (Phi) is 5.49. The molecular weight excluding hydrogens is 270 g/mol. The molecular formula is C16H23NO4. The van der Waals surface area contributed by atoms with Crippen LogP contribution in [0.25, 0.3) is 0 Å². The number of ketones is 1. The summed E-state index contributed by atoms with van der Waals surface area (Å²) in [5.41, 5.74) is 1.09. The molecule has 0 aliphatic carbocycles. The van der Waals surface area contributed by atoms with Gasteiger partial charge < -0.3 is 9.84 Å². The fourth-order valence-corrected chi connectivity index (χ4v) is 2.02. The lowest BCUT2D eigenvalue weighted by atomic mass is 10.0. The zero-order valence-electron chi connectivity index (χ0n) is 13.3. The summed E-state index contributed by atoms with van der Waals surface area (Å²) in [6.07, 6.45) is 0. The molecule has 0 spiro atoms. The molecule has 5 heteroatoms. The molecule has 0 saturated carbocycles. The Morgan fingerprint density at radius 2 is 1.90 bits per heavy atom. The van der Waals surface area contributed by atoms with Crippen LogP contribution in [0.1, 0.15) is 43.6 Å². The van der Waals surface area contributed by atoms with Crippen LogP contribution in [0.15, 0.2) is 18.2 Å². The van der Waals surface area contributed by atoms with E-state index in [1.807, 2.05) is 25.7 Å². The summed E-state index contributed by atoms with van der Waals surface area (Å²) in [6, 6.07) is 5.22. The van der Waals surface area contributed by atoms with Crippen LogP contribution >= 0.6 is 0 Å². The lowest BCUT2D eigenvalue weighted by Gasteiger charge is -2.34. The SMILES string of the molecule is COc1ccc(C(C)=O)cc1CN(CC(=O)O)C(C)(C)C. The van der Waals surface area contributed by atoms with E-state index in [1.54, 1.807) is 25.3 Å². The molecule has 1 aromatic carbocycles. The molecule has 0 radical (unpaired) electrons. The smallest absolute Gasteiger partial charge is 0.317 e. The van der Waals surface area contributed by atoms with E-state index in [1.165, 1.54) is 6.92 Å². The van der Waals surface area contributed by atoms with E-state index in [2.05, 4.69) is 0 Å². The topological polar surface area (TPSA) is 66.8 Å². The third-order valence-corrected chi connectivity index (χ3v) is 3.32. The molecule has 21 heavy (non-hydrogen) atoms. The first-order chi connectivity index (χ1) is 9.65. The second kappa shape index (κ2) is 6.72. The molecule has 1 rings (SSSR count). The van der Waals surface area contributed by atoms with Crippen LogP contribution in [0, 0.1) is 0 Å². The molecule has 0 aromatic heterocycles. The first-order valence-electron chi connectivity index (χ1n) is 6.80. The summed E-state index contributed by atoms with van der Waals surface area (Å²) >= 11 is 0. The minimum Gasteiger partial charge on any atom is -0.496 e. The zero-order valence-corrected chi connectivity index (χ0v) is 13.3. The van der Waals surface area contributed by atoms with E-state index in [0.717, 1.165) is 5.56 Å². The number of ether oxygens (including phenoxy) is 1. The number of methoxy groups -OCH3 is 1. The summed E-state index contributed by atoms with van der Waals surface area (Å²) in [7, 11) is 1.56. The highest BCUT2D eigenvalue weighted by molar-refractivity contribution is 5.94. The Morgan fingerprint density at radius 1 is 1.29 bits per heavy atom. The van der Waals surface area contributed by atoms with E-state index >= 15 is 0 Å². The monoisotopic (exact) mass is 293 g/mol. The van der Waals surface area contributed by atoms with Crippen molar-refractivity contribution in [1.29, 1.82) is 0 Å².